The highest BCUT2D eigenvalue weighted by Crippen LogP contribution is 2.20. The maximum absolute atomic E-state index is 13.6. The van der Waals surface area contributed by atoms with Gasteiger partial charge < -0.3 is 5.32 Å². The van der Waals surface area contributed by atoms with E-state index in [1.165, 1.54) is 19.1 Å². The molecule has 0 spiro atoms. The minimum atomic E-state index is -0.441. The van der Waals surface area contributed by atoms with Crippen LogP contribution in [0, 0.1) is 18.6 Å². The SMILES string of the molecule is Cc1cc(F)c(NCc2cccc(Br)c2)cc1F. The average molecular weight is 312 g/mol. The van der Waals surface area contributed by atoms with Crippen LogP contribution in [0.3, 0.4) is 0 Å². The summed E-state index contributed by atoms with van der Waals surface area (Å²) in [5.41, 5.74) is 1.48. The molecular formula is C14H12BrF2N. The predicted octanol–water partition coefficient (Wildman–Crippen LogP) is 4.65. The van der Waals surface area contributed by atoms with Gasteiger partial charge >= 0.3 is 0 Å². The van der Waals surface area contributed by atoms with Gasteiger partial charge in [-0.2, -0.15) is 0 Å². The molecule has 4 heteroatoms. The number of hydrogen-bond acceptors (Lipinski definition) is 1. The number of hydrogen-bond donors (Lipinski definition) is 1. The Morgan fingerprint density at radius 1 is 1.11 bits per heavy atom. The normalized spacial score (nSPS) is 10.4. The summed E-state index contributed by atoms with van der Waals surface area (Å²) in [6.07, 6.45) is 0. The van der Waals surface area contributed by atoms with Crippen LogP contribution in [0.25, 0.3) is 0 Å². The Labute approximate surface area is 113 Å². The summed E-state index contributed by atoms with van der Waals surface area (Å²) in [6.45, 7) is 1.98. The van der Waals surface area contributed by atoms with Crippen LogP contribution >= 0.6 is 15.9 Å². The van der Waals surface area contributed by atoms with Crippen LogP contribution in [0.5, 0.6) is 0 Å². The van der Waals surface area contributed by atoms with Gasteiger partial charge in [0.15, 0.2) is 0 Å². The molecule has 2 aromatic carbocycles. The van der Waals surface area contributed by atoms with Crippen LogP contribution in [-0.2, 0) is 6.54 Å². The molecule has 0 unspecified atom stereocenters. The van der Waals surface area contributed by atoms with Gasteiger partial charge in [0.25, 0.3) is 0 Å². The molecule has 0 amide bonds. The molecule has 0 aromatic heterocycles. The second kappa shape index (κ2) is 5.48. The lowest BCUT2D eigenvalue weighted by Crippen LogP contribution is -2.02. The van der Waals surface area contributed by atoms with E-state index in [0.717, 1.165) is 10.0 Å². The van der Waals surface area contributed by atoms with Crippen molar-refractivity contribution in [2.24, 2.45) is 0 Å². The van der Waals surface area contributed by atoms with Gasteiger partial charge in [-0.15, -0.1) is 0 Å². The second-order valence-corrected chi connectivity index (χ2v) is 4.98. The van der Waals surface area contributed by atoms with Crippen molar-refractivity contribution in [1.82, 2.24) is 0 Å². The maximum Gasteiger partial charge on any atom is 0.146 e. The lowest BCUT2D eigenvalue weighted by molar-refractivity contribution is 0.594. The Bertz CT molecular complexity index is 570. The molecule has 2 aromatic rings. The van der Waals surface area contributed by atoms with Crippen LogP contribution in [-0.4, -0.2) is 0 Å². The molecule has 0 saturated heterocycles. The van der Waals surface area contributed by atoms with Crippen molar-refractivity contribution < 1.29 is 8.78 Å². The summed E-state index contributed by atoms with van der Waals surface area (Å²) in [6, 6.07) is 10.0. The zero-order chi connectivity index (χ0) is 13.1. The van der Waals surface area contributed by atoms with Gasteiger partial charge in [0, 0.05) is 17.1 Å². The van der Waals surface area contributed by atoms with Crippen LogP contribution in [0.4, 0.5) is 14.5 Å². The molecule has 0 fully saturated rings. The van der Waals surface area contributed by atoms with E-state index in [0.29, 0.717) is 12.1 Å². The molecular weight excluding hydrogens is 300 g/mol. The first-order valence-electron chi connectivity index (χ1n) is 5.50. The first-order valence-corrected chi connectivity index (χ1v) is 6.29. The van der Waals surface area contributed by atoms with Crippen molar-refractivity contribution in [3.8, 4) is 0 Å². The Morgan fingerprint density at radius 2 is 1.89 bits per heavy atom. The molecule has 0 aliphatic carbocycles. The van der Waals surface area contributed by atoms with Crippen LogP contribution in [0.15, 0.2) is 40.9 Å². The Morgan fingerprint density at radius 3 is 2.61 bits per heavy atom. The Kier molecular flexibility index (Phi) is 3.97. The summed E-state index contributed by atoms with van der Waals surface area (Å²) in [5, 5.41) is 2.89. The van der Waals surface area contributed by atoms with E-state index in [-0.39, 0.29) is 5.69 Å². The molecule has 1 N–H and O–H groups in total. The number of benzene rings is 2. The molecule has 18 heavy (non-hydrogen) atoms. The lowest BCUT2D eigenvalue weighted by atomic mass is 10.2. The highest BCUT2D eigenvalue weighted by molar-refractivity contribution is 9.10. The van der Waals surface area contributed by atoms with E-state index >= 15 is 0 Å². The molecule has 0 aliphatic heterocycles. The summed E-state index contributed by atoms with van der Waals surface area (Å²) < 4.78 is 27.9. The number of aryl methyl sites for hydroxylation is 1. The molecule has 1 nitrogen and oxygen atoms in total. The molecule has 0 atom stereocenters. The van der Waals surface area contributed by atoms with Gasteiger partial charge in [-0.05, 0) is 36.2 Å². The van der Waals surface area contributed by atoms with E-state index in [9.17, 15) is 8.78 Å². The molecule has 94 valence electrons. The van der Waals surface area contributed by atoms with Crippen molar-refractivity contribution in [3.63, 3.8) is 0 Å². The highest BCUT2D eigenvalue weighted by atomic mass is 79.9. The van der Waals surface area contributed by atoms with E-state index in [2.05, 4.69) is 21.2 Å². The average Bonchev–Trinajstić information content (AvgIpc) is 2.32. The van der Waals surface area contributed by atoms with Crippen molar-refractivity contribution in [2.75, 3.05) is 5.32 Å². The fourth-order valence-corrected chi connectivity index (χ4v) is 2.07. The lowest BCUT2D eigenvalue weighted by Gasteiger charge is -2.09. The van der Waals surface area contributed by atoms with Crippen LogP contribution < -0.4 is 5.32 Å². The van der Waals surface area contributed by atoms with E-state index in [4.69, 9.17) is 0 Å². The summed E-state index contributed by atoms with van der Waals surface area (Å²) in [7, 11) is 0. The van der Waals surface area contributed by atoms with Crippen molar-refractivity contribution >= 4 is 21.6 Å². The third-order valence-electron chi connectivity index (χ3n) is 2.62. The minimum Gasteiger partial charge on any atom is -0.379 e. The number of anilines is 1. The zero-order valence-corrected chi connectivity index (χ0v) is 11.4. The summed E-state index contributed by atoms with van der Waals surface area (Å²) in [5.74, 6) is -0.850. The van der Waals surface area contributed by atoms with Gasteiger partial charge in [0.05, 0.1) is 5.69 Å². The summed E-state index contributed by atoms with van der Waals surface area (Å²) in [4.78, 5) is 0. The van der Waals surface area contributed by atoms with Crippen LogP contribution in [0.1, 0.15) is 11.1 Å². The van der Waals surface area contributed by atoms with E-state index in [1.54, 1.807) is 0 Å². The molecule has 0 bridgehead atoms. The standard InChI is InChI=1S/C14H12BrF2N/c1-9-5-13(17)14(7-12(9)16)18-8-10-3-2-4-11(15)6-10/h2-7,18H,8H2,1H3. The number of halogens is 3. The van der Waals surface area contributed by atoms with Crippen molar-refractivity contribution in [1.29, 1.82) is 0 Å². The third kappa shape index (κ3) is 3.07. The molecule has 0 aliphatic rings. The smallest absolute Gasteiger partial charge is 0.146 e. The fraction of sp³-hybridized carbons (Fsp3) is 0.143. The highest BCUT2D eigenvalue weighted by Gasteiger charge is 2.06. The maximum atomic E-state index is 13.6. The van der Waals surface area contributed by atoms with E-state index < -0.39 is 11.6 Å². The summed E-state index contributed by atoms with van der Waals surface area (Å²) >= 11 is 3.36. The molecule has 0 heterocycles. The zero-order valence-electron chi connectivity index (χ0n) is 9.81. The molecule has 0 radical (unpaired) electrons. The van der Waals surface area contributed by atoms with Gasteiger partial charge in [0.2, 0.25) is 0 Å². The van der Waals surface area contributed by atoms with Crippen molar-refractivity contribution in [3.05, 3.63) is 63.6 Å². The predicted molar refractivity (Wildman–Crippen MR) is 72.6 cm³/mol. The van der Waals surface area contributed by atoms with Gasteiger partial charge in [0.1, 0.15) is 11.6 Å². The first-order chi connectivity index (χ1) is 8.56. The first kappa shape index (κ1) is 13.0. The van der Waals surface area contributed by atoms with Gasteiger partial charge in [-0.3, -0.25) is 0 Å². The Hall–Kier alpha value is -1.42. The van der Waals surface area contributed by atoms with Crippen LogP contribution in [0.2, 0.25) is 0 Å². The topological polar surface area (TPSA) is 12.0 Å². The van der Waals surface area contributed by atoms with Gasteiger partial charge in [-0.25, -0.2) is 8.78 Å². The third-order valence-corrected chi connectivity index (χ3v) is 3.11. The van der Waals surface area contributed by atoms with Gasteiger partial charge in [-0.1, -0.05) is 28.1 Å². The second-order valence-electron chi connectivity index (χ2n) is 4.06. The Balaban J connectivity index is 2.13. The number of rotatable bonds is 3. The monoisotopic (exact) mass is 311 g/mol. The molecule has 0 saturated carbocycles. The fourth-order valence-electron chi connectivity index (χ4n) is 1.63. The minimum absolute atomic E-state index is 0.179. The number of nitrogens with one attached hydrogen (secondary N) is 1. The largest absolute Gasteiger partial charge is 0.379 e. The molecule has 2 rings (SSSR count). The van der Waals surface area contributed by atoms with Crippen molar-refractivity contribution in [2.45, 2.75) is 13.5 Å². The van der Waals surface area contributed by atoms with E-state index in [1.807, 2.05) is 24.3 Å². The quantitative estimate of drug-likeness (QED) is 0.870.